The lowest BCUT2D eigenvalue weighted by Crippen LogP contribution is -2.27. The van der Waals surface area contributed by atoms with Crippen LogP contribution in [0.1, 0.15) is 39.0 Å². The SMILES string of the molecule is CCCCCn1c(-c2cccc(S(=O)(=O)N3CCCC3)c2)csc1=Nc1ccccc1. The van der Waals surface area contributed by atoms with Crippen LogP contribution in [0.2, 0.25) is 0 Å². The molecule has 2 heterocycles. The fourth-order valence-electron chi connectivity index (χ4n) is 3.89. The van der Waals surface area contributed by atoms with Gasteiger partial charge in [0.1, 0.15) is 0 Å². The van der Waals surface area contributed by atoms with Crippen molar-refractivity contribution in [1.82, 2.24) is 8.87 Å². The molecule has 0 unspecified atom stereocenters. The van der Waals surface area contributed by atoms with Gasteiger partial charge in [0.15, 0.2) is 4.80 Å². The Morgan fingerprint density at radius 3 is 2.52 bits per heavy atom. The van der Waals surface area contributed by atoms with E-state index in [0.29, 0.717) is 18.0 Å². The highest BCUT2D eigenvalue weighted by molar-refractivity contribution is 7.89. The van der Waals surface area contributed by atoms with Gasteiger partial charge in [-0.3, -0.25) is 0 Å². The minimum absolute atomic E-state index is 0.375. The van der Waals surface area contributed by atoms with E-state index in [0.717, 1.165) is 60.4 Å². The van der Waals surface area contributed by atoms with E-state index < -0.39 is 10.0 Å². The smallest absolute Gasteiger partial charge is 0.243 e. The van der Waals surface area contributed by atoms with E-state index in [1.807, 2.05) is 48.5 Å². The zero-order chi connectivity index (χ0) is 21.7. The Labute approximate surface area is 188 Å². The molecule has 7 heteroatoms. The van der Waals surface area contributed by atoms with Crippen molar-refractivity contribution >= 4 is 27.0 Å². The lowest BCUT2D eigenvalue weighted by atomic mass is 10.1. The van der Waals surface area contributed by atoms with E-state index in [4.69, 9.17) is 4.99 Å². The molecule has 0 spiro atoms. The number of rotatable bonds is 8. The quantitative estimate of drug-likeness (QED) is 0.426. The minimum Gasteiger partial charge on any atom is -0.316 e. The molecule has 3 aromatic rings. The van der Waals surface area contributed by atoms with Crippen molar-refractivity contribution in [3.05, 3.63) is 64.8 Å². The standard InChI is InChI=1S/C24H29N3O2S2/c1-2-3-7-17-27-23(19-30-24(27)25-21-12-5-4-6-13-21)20-11-10-14-22(18-20)31(28,29)26-15-8-9-16-26/h4-6,10-14,18-19H,2-3,7-9,15-17H2,1H3. The number of benzene rings is 2. The summed E-state index contributed by atoms with van der Waals surface area (Å²) in [4.78, 5) is 6.17. The van der Waals surface area contributed by atoms with Crippen molar-refractivity contribution in [2.24, 2.45) is 4.99 Å². The van der Waals surface area contributed by atoms with Crippen molar-refractivity contribution in [1.29, 1.82) is 0 Å². The second kappa shape index (κ2) is 9.94. The maximum absolute atomic E-state index is 13.1. The third-order valence-corrected chi connectivity index (χ3v) is 8.35. The molecule has 0 saturated carbocycles. The summed E-state index contributed by atoms with van der Waals surface area (Å²) in [7, 11) is -3.44. The Morgan fingerprint density at radius 1 is 1.00 bits per heavy atom. The van der Waals surface area contributed by atoms with Crippen molar-refractivity contribution < 1.29 is 8.42 Å². The minimum atomic E-state index is -3.44. The van der Waals surface area contributed by atoms with Crippen LogP contribution in [0.5, 0.6) is 0 Å². The number of thiazole rings is 1. The van der Waals surface area contributed by atoms with Crippen molar-refractivity contribution in [3.8, 4) is 11.3 Å². The summed E-state index contributed by atoms with van der Waals surface area (Å²) in [6, 6.07) is 17.3. The molecule has 0 amide bonds. The van der Waals surface area contributed by atoms with Crippen LogP contribution in [-0.2, 0) is 16.6 Å². The third-order valence-electron chi connectivity index (χ3n) is 5.60. The van der Waals surface area contributed by atoms with Crippen molar-refractivity contribution in [2.45, 2.75) is 50.5 Å². The van der Waals surface area contributed by atoms with E-state index in [2.05, 4.69) is 16.9 Å². The van der Waals surface area contributed by atoms with Gasteiger partial charge in [0.25, 0.3) is 0 Å². The van der Waals surface area contributed by atoms with Crippen LogP contribution in [-0.4, -0.2) is 30.4 Å². The molecule has 31 heavy (non-hydrogen) atoms. The largest absolute Gasteiger partial charge is 0.316 e. The molecule has 4 rings (SSSR count). The summed E-state index contributed by atoms with van der Waals surface area (Å²) in [6.07, 6.45) is 5.23. The predicted molar refractivity (Wildman–Crippen MR) is 127 cm³/mol. The molecule has 1 aromatic heterocycles. The zero-order valence-corrected chi connectivity index (χ0v) is 19.5. The summed E-state index contributed by atoms with van der Waals surface area (Å²) >= 11 is 1.60. The van der Waals surface area contributed by atoms with Gasteiger partial charge >= 0.3 is 0 Å². The molecular weight excluding hydrogens is 426 g/mol. The van der Waals surface area contributed by atoms with Crippen LogP contribution in [0.3, 0.4) is 0 Å². The molecular formula is C24H29N3O2S2. The highest BCUT2D eigenvalue weighted by Gasteiger charge is 2.27. The molecule has 1 fully saturated rings. The summed E-state index contributed by atoms with van der Waals surface area (Å²) in [5.74, 6) is 0. The van der Waals surface area contributed by atoms with Gasteiger partial charge in [-0.2, -0.15) is 4.31 Å². The lowest BCUT2D eigenvalue weighted by Gasteiger charge is -2.16. The first kappa shape index (κ1) is 22.0. The van der Waals surface area contributed by atoms with Crippen LogP contribution in [0, 0.1) is 0 Å². The van der Waals surface area contributed by atoms with Crippen LogP contribution >= 0.6 is 11.3 Å². The summed E-state index contributed by atoms with van der Waals surface area (Å²) in [5.41, 5.74) is 2.86. The first-order chi connectivity index (χ1) is 15.1. The van der Waals surface area contributed by atoms with Crippen molar-refractivity contribution in [3.63, 3.8) is 0 Å². The van der Waals surface area contributed by atoms with E-state index in [1.54, 1.807) is 21.7 Å². The first-order valence-electron chi connectivity index (χ1n) is 11.0. The van der Waals surface area contributed by atoms with Crippen LogP contribution in [0.25, 0.3) is 11.3 Å². The molecule has 5 nitrogen and oxygen atoms in total. The van der Waals surface area contributed by atoms with E-state index in [9.17, 15) is 8.42 Å². The number of para-hydroxylation sites is 1. The monoisotopic (exact) mass is 455 g/mol. The summed E-state index contributed by atoms with van der Waals surface area (Å²) in [6.45, 7) is 4.28. The van der Waals surface area contributed by atoms with E-state index >= 15 is 0 Å². The second-order valence-electron chi connectivity index (χ2n) is 7.85. The Hall–Kier alpha value is -2.22. The molecule has 1 aliphatic heterocycles. The molecule has 0 bridgehead atoms. The number of hydrogen-bond donors (Lipinski definition) is 0. The van der Waals surface area contributed by atoms with E-state index in [1.165, 1.54) is 0 Å². The Morgan fingerprint density at radius 2 is 1.77 bits per heavy atom. The first-order valence-corrected chi connectivity index (χ1v) is 13.3. The Balaban J connectivity index is 1.75. The Kier molecular flexibility index (Phi) is 7.05. The van der Waals surface area contributed by atoms with Gasteiger partial charge in [-0.1, -0.05) is 50.1 Å². The molecule has 2 aromatic carbocycles. The number of sulfonamides is 1. The fraction of sp³-hybridized carbons (Fsp3) is 0.375. The third kappa shape index (κ3) is 5.00. The molecule has 1 aliphatic rings. The molecule has 0 aliphatic carbocycles. The summed E-state index contributed by atoms with van der Waals surface area (Å²) in [5, 5.41) is 2.09. The average molecular weight is 456 g/mol. The van der Waals surface area contributed by atoms with Gasteiger partial charge in [0, 0.05) is 30.6 Å². The zero-order valence-electron chi connectivity index (χ0n) is 17.9. The number of nitrogens with zero attached hydrogens (tertiary/aromatic N) is 3. The van der Waals surface area contributed by atoms with Crippen LogP contribution in [0.4, 0.5) is 5.69 Å². The molecule has 0 N–H and O–H groups in total. The maximum Gasteiger partial charge on any atom is 0.243 e. The summed E-state index contributed by atoms with van der Waals surface area (Å²) < 4.78 is 30.0. The molecule has 1 saturated heterocycles. The van der Waals surface area contributed by atoms with Crippen LogP contribution < -0.4 is 4.80 Å². The van der Waals surface area contributed by atoms with Crippen molar-refractivity contribution in [2.75, 3.05) is 13.1 Å². The average Bonchev–Trinajstić information content (AvgIpc) is 3.46. The lowest BCUT2D eigenvalue weighted by molar-refractivity contribution is 0.477. The van der Waals surface area contributed by atoms with Crippen LogP contribution in [0.15, 0.2) is 69.9 Å². The van der Waals surface area contributed by atoms with Gasteiger partial charge < -0.3 is 4.57 Å². The fourth-order valence-corrected chi connectivity index (χ4v) is 6.41. The number of unbranched alkanes of at least 4 members (excludes halogenated alkanes) is 2. The molecule has 164 valence electrons. The van der Waals surface area contributed by atoms with E-state index in [-0.39, 0.29) is 0 Å². The van der Waals surface area contributed by atoms with Gasteiger partial charge in [-0.25, -0.2) is 13.4 Å². The highest BCUT2D eigenvalue weighted by Crippen LogP contribution is 2.27. The van der Waals surface area contributed by atoms with Gasteiger partial charge in [0.2, 0.25) is 10.0 Å². The number of hydrogen-bond acceptors (Lipinski definition) is 4. The molecule has 0 atom stereocenters. The second-order valence-corrected chi connectivity index (χ2v) is 10.6. The predicted octanol–water partition coefficient (Wildman–Crippen LogP) is 5.42. The normalized spacial score (nSPS) is 15.6. The topological polar surface area (TPSA) is 54.7 Å². The highest BCUT2D eigenvalue weighted by atomic mass is 32.2. The van der Waals surface area contributed by atoms with Gasteiger partial charge in [-0.15, -0.1) is 11.3 Å². The van der Waals surface area contributed by atoms with Gasteiger partial charge in [-0.05, 0) is 43.5 Å². The Bertz CT molecular complexity index is 1170. The maximum atomic E-state index is 13.1. The number of aromatic nitrogens is 1. The van der Waals surface area contributed by atoms with Gasteiger partial charge in [0.05, 0.1) is 16.3 Å². The molecule has 0 radical (unpaired) electrons.